The lowest BCUT2D eigenvalue weighted by Crippen LogP contribution is -2.26. The first-order chi connectivity index (χ1) is 10.8. The molecule has 0 saturated heterocycles. The number of aromatic nitrogens is 3. The Kier molecular flexibility index (Phi) is 3.46. The molecule has 0 aliphatic carbocycles. The van der Waals surface area contributed by atoms with Crippen molar-refractivity contribution in [2.45, 2.75) is 19.5 Å². The molecule has 0 saturated carbocycles. The van der Waals surface area contributed by atoms with Crippen molar-refractivity contribution in [3.63, 3.8) is 0 Å². The molecule has 4 nitrogen and oxygen atoms in total. The van der Waals surface area contributed by atoms with Crippen molar-refractivity contribution in [1.82, 2.24) is 14.6 Å². The largest absolute Gasteiger partial charge is 0.393 e. The summed E-state index contributed by atoms with van der Waals surface area (Å²) in [6, 6.07) is 5.89. The molecule has 0 fully saturated rings. The molecule has 2 aromatic heterocycles. The molecule has 1 N–H and O–H groups in total. The quantitative estimate of drug-likeness (QED) is 0.736. The zero-order chi connectivity index (χ0) is 16.8. The summed E-state index contributed by atoms with van der Waals surface area (Å²) in [5, 5.41) is 2.54. The Balaban J connectivity index is 2.24. The van der Waals surface area contributed by atoms with Crippen molar-refractivity contribution in [2.75, 3.05) is 0 Å². The summed E-state index contributed by atoms with van der Waals surface area (Å²) in [4.78, 5) is 16.3. The first kappa shape index (κ1) is 15.3. The van der Waals surface area contributed by atoms with E-state index in [9.17, 15) is 22.4 Å². The van der Waals surface area contributed by atoms with Crippen LogP contribution in [0.15, 0.2) is 35.3 Å². The van der Waals surface area contributed by atoms with E-state index < -0.39 is 29.5 Å². The highest BCUT2D eigenvalue weighted by atomic mass is 19.4. The molecule has 0 atom stereocenters. The molecule has 23 heavy (non-hydrogen) atoms. The van der Waals surface area contributed by atoms with Crippen molar-refractivity contribution in [1.29, 1.82) is 0 Å². The van der Waals surface area contributed by atoms with Crippen LogP contribution in [0.25, 0.3) is 16.8 Å². The fraction of sp³-hybridized carbons (Fsp3) is 0.200. The molecular formula is C15H11F4N3O. The maximum atomic E-state index is 13.9. The number of hydrogen-bond donors (Lipinski definition) is 1. The van der Waals surface area contributed by atoms with E-state index in [0.717, 1.165) is 4.52 Å². The van der Waals surface area contributed by atoms with E-state index in [4.69, 9.17) is 0 Å². The number of H-pyrrole nitrogens is 1. The fourth-order valence-electron chi connectivity index (χ4n) is 2.44. The van der Waals surface area contributed by atoms with Crippen molar-refractivity contribution < 1.29 is 17.6 Å². The summed E-state index contributed by atoms with van der Waals surface area (Å²) in [5.74, 6) is -0.514. The zero-order valence-electron chi connectivity index (χ0n) is 11.9. The SMILES string of the molecule is Cc1nc2c(-c3ccccc3F)c[nH]n2c(=O)c1CC(F)(F)F. The van der Waals surface area contributed by atoms with Gasteiger partial charge in [-0.15, -0.1) is 0 Å². The predicted octanol–water partition coefficient (Wildman–Crippen LogP) is 3.24. The van der Waals surface area contributed by atoms with Crippen molar-refractivity contribution >= 4 is 5.65 Å². The van der Waals surface area contributed by atoms with Crippen LogP contribution in [-0.2, 0) is 6.42 Å². The number of nitrogens with one attached hydrogen (secondary N) is 1. The van der Waals surface area contributed by atoms with Gasteiger partial charge in [0, 0.05) is 28.6 Å². The number of rotatable bonds is 2. The molecular weight excluding hydrogens is 314 g/mol. The molecule has 0 amide bonds. The van der Waals surface area contributed by atoms with E-state index >= 15 is 0 Å². The topological polar surface area (TPSA) is 50.2 Å². The minimum Gasteiger partial charge on any atom is -0.296 e. The highest BCUT2D eigenvalue weighted by Crippen LogP contribution is 2.26. The Morgan fingerprint density at radius 1 is 1.22 bits per heavy atom. The van der Waals surface area contributed by atoms with Crippen LogP contribution in [0, 0.1) is 12.7 Å². The summed E-state index contributed by atoms with van der Waals surface area (Å²) in [7, 11) is 0. The van der Waals surface area contributed by atoms with E-state index in [0.29, 0.717) is 5.56 Å². The normalized spacial score (nSPS) is 12.0. The third kappa shape index (κ3) is 2.71. The van der Waals surface area contributed by atoms with Gasteiger partial charge in [0.25, 0.3) is 5.56 Å². The molecule has 8 heteroatoms. The minimum absolute atomic E-state index is 0.0236. The molecule has 2 heterocycles. The average Bonchev–Trinajstić information content (AvgIpc) is 2.86. The van der Waals surface area contributed by atoms with E-state index in [1.165, 1.54) is 31.3 Å². The molecule has 0 bridgehead atoms. The van der Waals surface area contributed by atoms with Crippen LogP contribution in [-0.4, -0.2) is 20.8 Å². The lowest BCUT2D eigenvalue weighted by Gasteiger charge is -2.09. The summed E-state index contributed by atoms with van der Waals surface area (Å²) in [5.41, 5.74) is -0.694. The Bertz CT molecular complexity index is 940. The molecule has 1 aromatic carbocycles. The van der Waals surface area contributed by atoms with E-state index in [-0.39, 0.29) is 16.9 Å². The first-order valence-corrected chi connectivity index (χ1v) is 6.69. The van der Waals surface area contributed by atoms with Crippen LogP contribution in [0.5, 0.6) is 0 Å². The number of nitrogens with zero attached hydrogens (tertiary/aromatic N) is 2. The van der Waals surface area contributed by atoms with Gasteiger partial charge < -0.3 is 0 Å². The maximum absolute atomic E-state index is 13.9. The lowest BCUT2D eigenvalue weighted by atomic mass is 10.1. The van der Waals surface area contributed by atoms with Gasteiger partial charge in [-0.2, -0.15) is 13.2 Å². The van der Waals surface area contributed by atoms with E-state index in [2.05, 4.69) is 10.1 Å². The number of benzene rings is 1. The number of hydrogen-bond acceptors (Lipinski definition) is 2. The molecule has 3 aromatic rings. The standard InChI is InChI=1S/C15H11F4N3O/c1-8-10(6-15(17,18)19)14(23)22-13(21-8)11(7-20-22)9-4-2-3-5-12(9)16/h2-5,7,20H,6H2,1H3. The number of alkyl halides is 3. The number of fused-ring (bicyclic) bond motifs is 1. The predicted molar refractivity (Wildman–Crippen MR) is 75.7 cm³/mol. The van der Waals surface area contributed by atoms with E-state index in [1.807, 2.05) is 0 Å². The molecule has 3 rings (SSSR count). The fourth-order valence-corrected chi connectivity index (χ4v) is 2.44. The van der Waals surface area contributed by atoms with Crippen LogP contribution >= 0.6 is 0 Å². The number of aryl methyl sites for hydroxylation is 1. The Morgan fingerprint density at radius 2 is 1.91 bits per heavy atom. The second kappa shape index (κ2) is 5.22. The first-order valence-electron chi connectivity index (χ1n) is 6.69. The second-order valence-electron chi connectivity index (χ2n) is 5.10. The average molecular weight is 325 g/mol. The summed E-state index contributed by atoms with van der Waals surface area (Å²) >= 11 is 0. The molecule has 0 spiro atoms. The Hall–Kier alpha value is -2.64. The molecule has 0 unspecified atom stereocenters. The third-order valence-corrected chi connectivity index (χ3v) is 3.50. The van der Waals surface area contributed by atoms with Gasteiger partial charge in [0.2, 0.25) is 0 Å². The van der Waals surface area contributed by atoms with Crippen LogP contribution in [0.4, 0.5) is 17.6 Å². The van der Waals surface area contributed by atoms with E-state index in [1.54, 1.807) is 6.07 Å². The van der Waals surface area contributed by atoms with Gasteiger partial charge in [-0.05, 0) is 13.0 Å². The maximum Gasteiger partial charge on any atom is 0.393 e. The van der Waals surface area contributed by atoms with Gasteiger partial charge in [0.05, 0.1) is 6.42 Å². The Labute approximate surface area is 127 Å². The van der Waals surface area contributed by atoms with Gasteiger partial charge in [-0.1, -0.05) is 18.2 Å². The summed E-state index contributed by atoms with van der Waals surface area (Å²) in [6.45, 7) is 1.33. The number of aromatic amines is 1. The zero-order valence-corrected chi connectivity index (χ0v) is 11.9. The molecule has 0 aliphatic heterocycles. The lowest BCUT2D eigenvalue weighted by molar-refractivity contribution is -0.127. The number of halogens is 4. The monoisotopic (exact) mass is 325 g/mol. The molecule has 0 aliphatic rings. The minimum atomic E-state index is -4.51. The van der Waals surface area contributed by atoms with Gasteiger partial charge in [0.15, 0.2) is 5.65 Å². The van der Waals surface area contributed by atoms with Crippen molar-refractivity contribution in [3.05, 3.63) is 57.9 Å². The highest BCUT2D eigenvalue weighted by Gasteiger charge is 2.31. The van der Waals surface area contributed by atoms with Gasteiger partial charge in [-0.3, -0.25) is 9.89 Å². The summed E-state index contributed by atoms with van der Waals surface area (Å²) < 4.78 is 52.6. The van der Waals surface area contributed by atoms with Crippen molar-refractivity contribution in [3.8, 4) is 11.1 Å². The van der Waals surface area contributed by atoms with Gasteiger partial charge >= 0.3 is 6.18 Å². The van der Waals surface area contributed by atoms with Crippen LogP contribution in [0.3, 0.4) is 0 Å². The van der Waals surface area contributed by atoms with Crippen molar-refractivity contribution in [2.24, 2.45) is 0 Å². The van der Waals surface area contributed by atoms with Crippen LogP contribution in [0.2, 0.25) is 0 Å². The highest BCUT2D eigenvalue weighted by molar-refractivity contribution is 5.77. The van der Waals surface area contributed by atoms with Gasteiger partial charge in [0.1, 0.15) is 5.82 Å². The second-order valence-corrected chi connectivity index (χ2v) is 5.10. The Morgan fingerprint density at radius 3 is 2.57 bits per heavy atom. The smallest absolute Gasteiger partial charge is 0.296 e. The van der Waals surface area contributed by atoms with Gasteiger partial charge in [-0.25, -0.2) is 13.9 Å². The molecule has 120 valence electrons. The third-order valence-electron chi connectivity index (χ3n) is 3.50. The summed E-state index contributed by atoms with van der Waals surface area (Å²) in [6.07, 6.45) is -4.53. The van der Waals surface area contributed by atoms with Crippen LogP contribution < -0.4 is 5.56 Å². The molecule has 0 radical (unpaired) electrons. The van der Waals surface area contributed by atoms with Crippen LogP contribution in [0.1, 0.15) is 11.3 Å².